The van der Waals surface area contributed by atoms with E-state index in [2.05, 4.69) is 13.0 Å². The van der Waals surface area contributed by atoms with Gasteiger partial charge in [0.15, 0.2) is 0 Å². The Morgan fingerprint density at radius 2 is 1.89 bits per heavy atom. The minimum atomic E-state index is -0.507. The van der Waals surface area contributed by atoms with Crippen LogP contribution in [0.3, 0.4) is 0 Å². The molecule has 9 heteroatoms. The van der Waals surface area contributed by atoms with Crippen molar-refractivity contribution in [3.05, 3.63) is 46.9 Å². The number of methoxy groups -OCH3 is 3. The van der Waals surface area contributed by atoms with E-state index in [9.17, 15) is 14.4 Å². The fraction of sp³-hybridized carbons (Fsp3) is 0.621. The maximum atomic E-state index is 12.6. The molecule has 0 fully saturated rings. The van der Waals surface area contributed by atoms with Crippen molar-refractivity contribution in [2.24, 2.45) is 0 Å². The van der Waals surface area contributed by atoms with Crippen LogP contribution in [0.2, 0.25) is 0 Å². The van der Waals surface area contributed by atoms with Gasteiger partial charge in [0.25, 0.3) is 11.8 Å². The van der Waals surface area contributed by atoms with Crippen molar-refractivity contribution < 1.29 is 28.6 Å². The van der Waals surface area contributed by atoms with Crippen LogP contribution in [0, 0.1) is 0 Å². The molecule has 1 aliphatic heterocycles. The molecule has 214 valence electrons. The molecule has 0 aromatic carbocycles. The maximum Gasteiger partial charge on any atom is 0.257 e. The summed E-state index contributed by atoms with van der Waals surface area (Å²) in [5.74, 6) is -0.200. The van der Waals surface area contributed by atoms with Gasteiger partial charge in [0, 0.05) is 51.2 Å². The molecule has 0 aromatic heterocycles. The molecule has 0 spiro atoms. The van der Waals surface area contributed by atoms with Gasteiger partial charge in [0.1, 0.15) is 11.5 Å². The predicted octanol–water partition coefficient (Wildman–Crippen LogP) is 5.49. The van der Waals surface area contributed by atoms with Crippen LogP contribution < -0.4 is 0 Å². The third-order valence-corrected chi connectivity index (χ3v) is 6.72. The molecular formula is C29H45ClN2O6. The van der Waals surface area contributed by atoms with Crippen LogP contribution in [-0.4, -0.2) is 75.1 Å². The van der Waals surface area contributed by atoms with Crippen molar-refractivity contribution in [3.63, 3.8) is 0 Å². The number of carbonyl (C=O) groups excluding carboxylic acids is 3. The number of carbonyl (C=O) groups is 3. The summed E-state index contributed by atoms with van der Waals surface area (Å²) in [6, 6.07) is 0. The number of rotatable bonds is 19. The summed E-state index contributed by atoms with van der Waals surface area (Å²) in [5.41, 5.74) is 2.09. The van der Waals surface area contributed by atoms with E-state index >= 15 is 0 Å². The second kappa shape index (κ2) is 19.5. The normalized spacial score (nSPS) is 15.2. The molecule has 0 N–H and O–H groups in total. The summed E-state index contributed by atoms with van der Waals surface area (Å²) in [6.07, 6.45) is 16.3. The number of unbranched alkanes of at least 4 members (excludes halogenated alkanes) is 4. The summed E-state index contributed by atoms with van der Waals surface area (Å²) in [4.78, 5) is 39.8. The van der Waals surface area contributed by atoms with Crippen molar-refractivity contribution in [2.45, 2.75) is 77.2 Å². The summed E-state index contributed by atoms with van der Waals surface area (Å²) in [7, 11) is 6.36. The third kappa shape index (κ3) is 12.8. The first-order valence-electron chi connectivity index (χ1n) is 13.3. The Morgan fingerprint density at radius 3 is 2.50 bits per heavy atom. The highest BCUT2D eigenvalue weighted by Gasteiger charge is 2.27. The molecule has 38 heavy (non-hydrogen) atoms. The van der Waals surface area contributed by atoms with Crippen LogP contribution in [0.5, 0.6) is 0 Å². The number of amides is 3. The first-order valence-corrected chi connectivity index (χ1v) is 13.8. The lowest BCUT2D eigenvalue weighted by molar-refractivity contribution is -0.137. The lowest BCUT2D eigenvalue weighted by atomic mass is 10.1. The van der Waals surface area contributed by atoms with Gasteiger partial charge in [-0.3, -0.25) is 19.3 Å². The van der Waals surface area contributed by atoms with E-state index in [1.54, 1.807) is 19.1 Å². The highest BCUT2D eigenvalue weighted by Crippen LogP contribution is 2.18. The van der Waals surface area contributed by atoms with Gasteiger partial charge in [-0.25, -0.2) is 0 Å². The first-order chi connectivity index (χ1) is 18.3. The third-order valence-electron chi connectivity index (χ3n) is 6.41. The van der Waals surface area contributed by atoms with Crippen molar-refractivity contribution in [1.82, 2.24) is 9.80 Å². The molecule has 0 bridgehead atoms. The van der Waals surface area contributed by atoms with Crippen molar-refractivity contribution in [3.8, 4) is 0 Å². The average Bonchev–Trinajstić information content (AvgIpc) is 3.31. The quantitative estimate of drug-likeness (QED) is 0.0911. The van der Waals surface area contributed by atoms with Gasteiger partial charge in [0.2, 0.25) is 5.91 Å². The Morgan fingerprint density at radius 1 is 1.16 bits per heavy atom. The van der Waals surface area contributed by atoms with E-state index in [0.29, 0.717) is 36.5 Å². The zero-order chi connectivity index (χ0) is 28.3. The number of hydrogen-bond donors (Lipinski definition) is 0. The largest absolute Gasteiger partial charge is 0.501 e. The van der Waals surface area contributed by atoms with E-state index in [4.69, 9.17) is 25.8 Å². The number of ether oxygens (including phenoxy) is 3. The fourth-order valence-electron chi connectivity index (χ4n) is 4.02. The average molecular weight is 553 g/mol. The van der Waals surface area contributed by atoms with Crippen LogP contribution in [0.4, 0.5) is 0 Å². The number of likely N-dealkylation sites (N-methyl/N-ethyl adjacent to an activating group) is 1. The molecule has 0 saturated heterocycles. The number of hydrogen-bond acceptors (Lipinski definition) is 6. The second-order valence-electron chi connectivity index (χ2n) is 9.39. The van der Waals surface area contributed by atoms with E-state index in [1.165, 1.54) is 64.0 Å². The number of imide groups is 1. The van der Waals surface area contributed by atoms with Crippen LogP contribution in [0.25, 0.3) is 0 Å². The standard InChI is InChI=1S/C29H45ClN2O6/c1-6-7-8-9-11-14-24(36-3)15-12-10-13-16-27(33)31(2)21-23(20-30)17-25(37-4)18-28(34)32-22-26(38-5)19-29(32)35/h10,12,18-20,24H,6-9,11,13-17,21-22H2,1-5H3/b12-10+,23-20+,25-18+/t24-/m1/s1. The Hall–Kier alpha value is -2.58. The maximum absolute atomic E-state index is 12.6. The minimum absolute atomic E-state index is 0.00950. The number of nitrogens with zero attached hydrogens (tertiary/aromatic N) is 2. The van der Waals surface area contributed by atoms with Gasteiger partial charge < -0.3 is 19.1 Å². The highest BCUT2D eigenvalue weighted by molar-refractivity contribution is 6.25. The van der Waals surface area contributed by atoms with Crippen molar-refractivity contribution in [2.75, 3.05) is 41.5 Å². The molecule has 3 amide bonds. The van der Waals surface area contributed by atoms with Gasteiger partial charge in [-0.05, 0) is 24.8 Å². The molecule has 0 aliphatic carbocycles. The Bertz CT molecular complexity index is 880. The Labute approximate surface area is 233 Å². The molecule has 1 heterocycles. The summed E-state index contributed by atoms with van der Waals surface area (Å²) in [5, 5.41) is 0. The predicted molar refractivity (Wildman–Crippen MR) is 150 cm³/mol. The highest BCUT2D eigenvalue weighted by atomic mass is 35.5. The van der Waals surface area contributed by atoms with Crippen molar-refractivity contribution >= 4 is 29.3 Å². The van der Waals surface area contributed by atoms with Gasteiger partial charge in [-0.2, -0.15) is 0 Å². The van der Waals surface area contributed by atoms with Gasteiger partial charge in [-0.1, -0.05) is 62.8 Å². The van der Waals surface area contributed by atoms with E-state index in [-0.39, 0.29) is 25.0 Å². The lowest BCUT2D eigenvalue weighted by Crippen LogP contribution is -2.32. The van der Waals surface area contributed by atoms with Crippen molar-refractivity contribution in [1.29, 1.82) is 0 Å². The second-order valence-corrected chi connectivity index (χ2v) is 9.61. The molecule has 0 unspecified atom stereocenters. The summed E-state index contributed by atoms with van der Waals surface area (Å²) < 4.78 is 16.0. The minimum Gasteiger partial charge on any atom is -0.501 e. The van der Waals surface area contributed by atoms with E-state index in [0.717, 1.165) is 17.7 Å². The van der Waals surface area contributed by atoms with Gasteiger partial charge in [-0.15, -0.1) is 0 Å². The molecule has 1 atom stereocenters. The van der Waals surface area contributed by atoms with Crippen LogP contribution in [0.15, 0.2) is 46.9 Å². The van der Waals surface area contributed by atoms with Gasteiger partial charge >= 0.3 is 0 Å². The molecular weight excluding hydrogens is 508 g/mol. The monoisotopic (exact) mass is 552 g/mol. The zero-order valence-corrected chi connectivity index (χ0v) is 24.4. The molecule has 0 radical (unpaired) electrons. The van der Waals surface area contributed by atoms with E-state index < -0.39 is 11.8 Å². The summed E-state index contributed by atoms with van der Waals surface area (Å²) in [6.45, 7) is 2.59. The molecule has 1 aliphatic rings. The Kier molecular flexibility index (Phi) is 17.1. The van der Waals surface area contributed by atoms with Gasteiger partial charge in [0.05, 0.1) is 26.9 Å². The molecule has 0 saturated carbocycles. The zero-order valence-electron chi connectivity index (χ0n) is 23.7. The Balaban J connectivity index is 2.47. The smallest absolute Gasteiger partial charge is 0.257 e. The van der Waals surface area contributed by atoms with Crippen LogP contribution in [0.1, 0.15) is 71.1 Å². The fourth-order valence-corrected chi connectivity index (χ4v) is 4.17. The van der Waals surface area contributed by atoms with Crippen LogP contribution >= 0.6 is 11.6 Å². The lowest BCUT2D eigenvalue weighted by Gasteiger charge is -2.19. The van der Waals surface area contributed by atoms with E-state index in [1.807, 2.05) is 6.08 Å². The molecule has 1 rings (SSSR count). The topological polar surface area (TPSA) is 85.4 Å². The molecule has 8 nitrogen and oxygen atoms in total. The molecule has 0 aromatic rings. The number of allylic oxidation sites excluding steroid dienone is 2. The SMILES string of the molecule is CCCCCCC[C@H](C/C=C/CCC(=O)N(C)C/C(=C/Cl)C/C(=C\C(=O)N1CC(OC)=CC1=O)OC)OC. The number of halogens is 1. The first kappa shape index (κ1) is 33.4. The summed E-state index contributed by atoms with van der Waals surface area (Å²) >= 11 is 6.01. The van der Waals surface area contributed by atoms with Crippen LogP contribution in [-0.2, 0) is 28.6 Å².